The van der Waals surface area contributed by atoms with Crippen LogP contribution in [0.25, 0.3) is 0 Å². The molecule has 2 aliphatic heterocycles. The van der Waals surface area contributed by atoms with E-state index in [2.05, 4.69) is 52.2 Å². The van der Waals surface area contributed by atoms with Crippen molar-refractivity contribution in [3.05, 3.63) is 129 Å². The van der Waals surface area contributed by atoms with Crippen LogP contribution >= 0.6 is 34.9 Å². The molecule has 2 atom stereocenters. The van der Waals surface area contributed by atoms with Gasteiger partial charge in [0.1, 0.15) is 24.4 Å². The number of hydrogen-bond acceptors (Lipinski definition) is 10. The maximum atomic E-state index is 13.6. The molecule has 3 N–H and O–H groups in total. The van der Waals surface area contributed by atoms with Crippen molar-refractivity contribution in [3.8, 4) is 0 Å². The van der Waals surface area contributed by atoms with Crippen molar-refractivity contribution in [2.45, 2.75) is 17.6 Å². The van der Waals surface area contributed by atoms with Crippen molar-refractivity contribution in [1.29, 1.82) is 0 Å². The van der Waals surface area contributed by atoms with Crippen molar-refractivity contribution < 1.29 is 24.3 Å². The Morgan fingerprint density at radius 3 is 2.07 bits per heavy atom. The number of carbonyl (C=O) groups is 3. The van der Waals surface area contributed by atoms with Gasteiger partial charge < -0.3 is 20.6 Å². The van der Waals surface area contributed by atoms with Gasteiger partial charge in [-0.05, 0) is 22.9 Å². The highest BCUT2D eigenvalue weighted by molar-refractivity contribution is 8.22. The third kappa shape index (κ3) is 5.65. The van der Waals surface area contributed by atoms with Gasteiger partial charge >= 0.3 is 5.97 Å². The number of aliphatic carboxylic acids is 1. The van der Waals surface area contributed by atoms with E-state index in [0.717, 1.165) is 16.7 Å². The minimum Gasteiger partial charge on any atom is -0.477 e. The summed E-state index contributed by atoms with van der Waals surface area (Å²) in [5, 5.41) is 22.4. The van der Waals surface area contributed by atoms with Gasteiger partial charge in [-0.3, -0.25) is 14.5 Å². The van der Waals surface area contributed by atoms with Gasteiger partial charge in [0.2, 0.25) is 0 Å². The van der Waals surface area contributed by atoms with Crippen molar-refractivity contribution in [2.75, 3.05) is 24.4 Å². The molecule has 0 bridgehead atoms. The molecule has 1 saturated heterocycles. The summed E-state index contributed by atoms with van der Waals surface area (Å²) < 4.78 is 0.559. The van der Waals surface area contributed by atoms with Gasteiger partial charge in [0.05, 0.1) is 10.3 Å². The second-order valence-corrected chi connectivity index (χ2v) is 13.3. The van der Waals surface area contributed by atoms with Gasteiger partial charge in [0.25, 0.3) is 11.8 Å². The van der Waals surface area contributed by atoms with Crippen LogP contribution in [0.1, 0.15) is 22.4 Å². The summed E-state index contributed by atoms with van der Waals surface area (Å²) in [5.41, 5.74) is 2.24. The highest BCUT2D eigenvalue weighted by Crippen LogP contribution is 2.43. The molecule has 234 valence electrons. The molecule has 3 heterocycles. The smallest absolute Gasteiger partial charge is 0.354 e. The fourth-order valence-electron chi connectivity index (χ4n) is 5.71. The second-order valence-electron chi connectivity index (χ2n) is 10.3. The van der Waals surface area contributed by atoms with Crippen LogP contribution in [0.2, 0.25) is 0 Å². The van der Waals surface area contributed by atoms with Gasteiger partial charge in [-0.25, -0.2) is 9.78 Å². The molecule has 4 aromatic rings. The highest BCUT2D eigenvalue weighted by atomic mass is 32.2. The Kier molecular flexibility index (Phi) is 9.15. The second kappa shape index (κ2) is 13.4. The number of β-lactam (4-membered cyclic amide) rings is 1. The van der Waals surface area contributed by atoms with Gasteiger partial charge in [0.15, 0.2) is 16.5 Å². The summed E-state index contributed by atoms with van der Waals surface area (Å²) >= 11 is 3.94. The molecule has 0 saturated carbocycles. The standard InChI is InChI=1S/C33H29N5O5S3/c1-43-37-25(28(39)35-26-24-19-45-31(44-2)27(30(41)42)38(24)29(26)40)23-18-46-32(34-23)36-33(20-12-6-3-7-13-20,21-14-8-4-9-15-21)22-16-10-5-11-17-22/h3-18,24,26H,19H2,1-2H3,(H,34,36)(H,35,39)(H,41,42). The van der Waals surface area contributed by atoms with Gasteiger partial charge in [0, 0.05) is 11.1 Å². The molecule has 46 heavy (non-hydrogen) atoms. The summed E-state index contributed by atoms with van der Waals surface area (Å²) in [6.07, 6.45) is 1.77. The Balaban J connectivity index is 1.30. The third-order valence-electron chi connectivity index (χ3n) is 7.77. The molecule has 0 radical (unpaired) electrons. The van der Waals surface area contributed by atoms with Crippen LogP contribution < -0.4 is 10.6 Å². The van der Waals surface area contributed by atoms with Crippen LogP contribution in [-0.2, 0) is 24.8 Å². The van der Waals surface area contributed by atoms with Crippen molar-refractivity contribution >= 4 is 63.5 Å². The van der Waals surface area contributed by atoms with Crippen molar-refractivity contribution in [3.63, 3.8) is 0 Å². The SMILES string of the molecule is CON=C(C(=O)NC1C(=O)N2C(C(=O)O)=C(SC)SCC12)c1csc(NC(c2ccccc2)(c2ccccc2)c2ccccc2)n1. The molecule has 13 heteroatoms. The molecular weight excluding hydrogens is 643 g/mol. The Bertz CT molecular complexity index is 1720. The van der Waals surface area contributed by atoms with Crippen LogP contribution in [0.3, 0.4) is 0 Å². The summed E-state index contributed by atoms with van der Waals surface area (Å²) in [6, 6.07) is 28.8. The first kappa shape index (κ1) is 31.4. The van der Waals surface area contributed by atoms with Crippen LogP contribution in [0.15, 0.2) is 111 Å². The minimum absolute atomic E-state index is 0.0519. The molecule has 1 aromatic heterocycles. The Morgan fingerprint density at radius 2 is 1.57 bits per heavy atom. The van der Waals surface area contributed by atoms with Gasteiger partial charge in [-0.15, -0.1) is 34.9 Å². The lowest BCUT2D eigenvalue weighted by Gasteiger charge is -2.49. The summed E-state index contributed by atoms with van der Waals surface area (Å²) in [5.74, 6) is -1.87. The zero-order chi connectivity index (χ0) is 32.3. The number of hydrogen-bond donors (Lipinski definition) is 3. The molecule has 2 amide bonds. The fourth-order valence-corrected chi connectivity index (χ4v) is 8.50. The number of thioether (sulfide) groups is 2. The number of nitrogens with one attached hydrogen (secondary N) is 2. The maximum absolute atomic E-state index is 13.6. The summed E-state index contributed by atoms with van der Waals surface area (Å²) in [7, 11) is 1.33. The molecule has 10 nitrogen and oxygen atoms in total. The predicted octanol–water partition coefficient (Wildman–Crippen LogP) is 4.96. The fraction of sp³-hybridized carbons (Fsp3) is 0.182. The first-order chi connectivity index (χ1) is 22.4. The van der Waals surface area contributed by atoms with E-state index in [9.17, 15) is 19.5 Å². The normalized spacial score (nSPS) is 18.0. The average Bonchev–Trinajstić information content (AvgIpc) is 3.56. The minimum atomic E-state index is -1.18. The number of thiazole rings is 1. The lowest BCUT2D eigenvalue weighted by molar-refractivity contribution is -0.153. The number of rotatable bonds is 11. The number of anilines is 1. The monoisotopic (exact) mass is 671 g/mol. The van der Waals surface area contributed by atoms with E-state index in [4.69, 9.17) is 9.82 Å². The number of benzene rings is 3. The third-order valence-corrected chi connectivity index (χ3v) is 10.9. The van der Waals surface area contributed by atoms with Gasteiger partial charge in [-0.1, -0.05) is 96.2 Å². The van der Waals surface area contributed by atoms with E-state index < -0.39 is 35.4 Å². The first-order valence-electron chi connectivity index (χ1n) is 14.2. The molecule has 1 fully saturated rings. The van der Waals surface area contributed by atoms with Crippen LogP contribution in [0.5, 0.6) is 0 Å². The van der Waals surface area contributed by atoms with Crippen molar-refractivity contribution in [2.24, 2.45) is 5.16 Å². The Hall–Kier alpha value is -4.59. The molecule has 6 rings (SSSR count). The summed E-state index contributed by atoms with van der Waals surface area (Å²) in [6.45, 7) is 0. The first-order valence-corrected chi connectivity index (χ1v) is 17.3. The zero-order valence-corrected chi connectivity index (χ0v) is 27.2. The number of carbonyl (C=O) groups excluding carboxylic acids is 2. The van der Waals surface area contributed by atoms with Crippen LogP contribution in [0, 0.1) is 0 Å². The molecule has 3 aromatic carbocycles. The topological polar surface area (TPSA) is 133 Å². The zero-order valence-electron chi connectivity index (χ0n) is 24.7. The number of carboxylic acids is 1. The van der Waals surface area contributed by atoms with Crippen LogP contribution in [0.4, 0.5) is 5.13 Å². The van der Waals surface area contributed by atoms with Crippen molar-refractivity contribution in [1.82, 2.24) is 15.2 Å². The molecule has 2 aliphatic rings. The predicted molar refractivity (Wildman–Crippen MR) is 182 cm³/mol. The van der Waals surface area contributed by atoms with E-state index in [1.165, 1.54) is 46.9 Å². The largest absolute Gasteiger partial charge is 0.477 e. The number of aromatic nitrogens is 1. The van der Waals surface area contributed by atoms with E-state index in [1.807, 2.05) is 54.6 Å². The van der Waals surface area contributed by atoms with E-state index >= 15 is 0 Å². The lowest BCUT2D eigenvalue weighted by atomic mass is 9.77. The van der Waals surface area contributed by atoms with Gasteiger partial charge in [-0.2, -0.15) is 0 Å². The number of nitrogens with zero attached hydrogens (tertiary/aromatic N) is 3. The number of amides is 2. The molecule has 0 aliphatic carbocycles. The lowest BCUT2D eigenvalue weighted by Crippen LogP contribution is -2.72. The number of carboxylic acid groups (broad SMARTS) is 1. The van der Waals surface area contributed by atoms with Crippen LogP contribution in [-0.4, -0.2) is 69.7 Å². The van der Waals surface area contributed by atoms with E-state index in [-0.39, 0.29) is 17.1 Å². The van der Waals surface area contributed by atoms with E-state index in [1.54, 1.807) is 11.6 Å². The average molecular weight is 672 g/mol. The Labute approximate surface area is 277 Å². The number of fused-ring (bicyclic) bond motifs is 1. The Morgan fingerprint density at radius 1 is 1.00 bits per heavy atom. The summed E-state index contributed by atoms with van der Waals surface area (Å²) in [4.78, 5) is 49.6. The van der Waals surface area contributed by atoms with E-state index in [0.29, 0.717) is 15.1 Å². The highest BCUT2D eigenvalue weighted by Gasteiger charge is 2.54. The molecular formula is C33H29N5O5S3. The quantitative estimate of drug-likeness (QED) is 0.0876. The number of oxime groups is 1. The molecule has 2 unspecified atom stereocenters. The maximum Gasteiger partial charge on any atom is 0.354 e. The molecule has 0 spiro atoms.